The molecule has 0 N–H and O–H groups in total. The molecule has 1 aliphatic rings. The van der Waals surface area contributed by atoms with Crippen LogP contribution in [-0.4, -0.2) is 62.9 Å². The molecular weight excluding hydrogens is 438 g/mol. The lowest BCUT2D eigenvalue weighted by molar-refractivity contribution is 1.02. The second kappa shape index (κ2) is 13.4. The first kappa shape index (κ1) is 24.4. The second-order valence-corrected chi connectivity index (χ2v) is 33.0. The zero-order valence-corrected chi connectivity index (χ0v) is 23.9. The molecule has 0 saturated carbocycles. The average molecular weight is 470 g/mol. The maximum Gasteiger partial charge on any atom is 0.348 e. The molecule has 1 aromatic carbocycles. The van der Waals surface area contributed by atoms with E-state index in [4.69, 9.17) is 11.6 Å². The van der Waals surface area contributed by atoms with Crippen LogP contribution in [0.3, 0.4) is 0 Å². The van der Waals surface area contributed by atoms with Crippen molar-refractivity contribution in [3.05, 3.63) is 29.3 Å². The first-order chi connectivity index (χ1) is 12.6. The molecular formula is C18H32Al4ClNS2. The third kappa shape index (κ3) is 8.11. The highest BCUT2D eigenvalue weighted by Crippen LogP contribution is 2.31. The third-order valence-corrected chi connectivity index (χ3v) is 40.0. The van der Waals surface area contributed by atoms with Crippen molar-refractivity contribution in [2.75, 3.05) is 15.7 Å². The van der Waals surface area contributed by atoms with E-state index in [0.29, 0.717) is 0 Å². The van der Waals surface area contributed by atoms with Gasteiger partial charge in [0, 0.05) is 10.7 Å². The highest BCUT2D eigenvalue weighted by Gasteiger charge is 2.33. The Hall–Kier alpha value is 2.14. The van der Waals surface area contributed by atoms with Gasteiger partial charge in [0.1, 0.15) is 0 Å². The van der Waals surface area contributed by atoms with Crippen molar-refractivity contribution in [1.82, 2.24) is 0 Å². The van der Waals surface area contributed by atoms with Crippen LogP contribution in [0, 0.1) is 0 Å². The van der Waals surface area contributed by atoms with Crippen LogP contribution in [0.5, 0.6) is 0 Å². The maximum absolute atomic E-state index is 6.17. The van der Waals surface area contributed by atoms with Gasteiger partial charge in [0.15, 0.2) is 0 Å². The normalized spacial score (nSPS) is 17.5. The Balaban J connectivity index is 2.26. The molecule has 26 heavy (non-hydrogen) atoms. The molecule has 0 radical (unpaired) electrons. The predicted molar refractivity (Wildman–Crippen MR) is 133 cm³/mol. The van der Waals surface area contributed by atoms with E-state index in [0.717, 1.165) is 5.02 Å². The highest BCUT2D eigenvalue weighted by molar-refractivity contribution is 8.46. The minimum Gasteiger partial charge on any atom is -0.396 e. The van der Waals surface area contributed by atoms with Crippen LogP contribution in [0.2, 0.25) is 36.7 Å². The summed E-state index contributed by atoms with van der Waals surface area (Å²) in [6, 6.07) is 8.70. The van der Waals surface area contributed by atoms with Gasteiger partial charge >= 0.3 is 52.1 Å². The lowest BCUT2D eigenvalue weighted by Crippen LogP contribution is -2.40. The van der Waals surface area contributed by atoms with Crippen molar-refractivity contribution in [3.63, 3.8) is 0 Å². The minimum atomic E-state index is -0.732. The van der Waals surface area contributed by atoms with E-state index in [-0.39, 0.29) is 0 Å². The summed E-state index contributed by atoms with van der Waals surface area (Å²) in [5.74, 6) is 0. The molecule has 140 valence electrons. The summed E-state index contributed by atoms with van der Waals surface area (Å²) in [4.78, 5) is 2.80. The van der Waals surface area contributed by atoms with Crippen molar-refractivity contribution in [1.29, 1.82) is 0 Å². The largest absolute Gasteiger partial charge is 0.396 e. The van der Waals surface area contributed by atoms with Crippen LogP contribution in [0.15, 0.2) is 24.3 Å². The van der Waals surface area contributed by atoms with E-state index in [2.05, 4.69) is 73.9 Å². The fourth-order valence-electron chi connectivity index (χ4n) is 3.62. The van der Waals surface area contributed by atoms with Crippen molar-refractivity contribution in [3.8, 4) is 0 Å². The summed E-state index contributed by atoms with van der Waals surface area (Å²) in [5.41, 5.74) is 1.43. The Kier molecular flexibility index (Phi) is 12.6. The van der Waals surface area contributed by atoms with E-state index in [9.17, 15) is 0 Å². The van der Waals surface area contributed by atoms with E-state index in [1.54, 1.807) is 10.6 Å². The molecule has 0 unspecified atom stereocenters. The van der Waals surface area contributed by atoms with Crippen LogP contribution >= 0.6 is 28.6 Å². The Morgan fingerprint density at radius 2 is 1.19 bits per heavy atom. The topological polar surface area (TPSA) is 3.24 Å². The van der Waals surface area contributed by atoms with Crippen molar-refractivity contribution < 1.29 is 0 Å². The van der Waals surface area contributed by atoms with Crippen LogP contribution in [-0.2, 0) is 0 Å². The third-order valence-electron chi connectivity index (χ3n) is 5.44. The van der Waals surface area contributed by atoms with Crippen LogP contribution in [0.1, 0.15) is 27.7 Å². The first-order valence-corrected chi connectivity index (χ1v) is 24.9. The maximum atomic E-state index is 6.17. The molecule has 1 fully saturated rings. The van der Waals surface area contributed by atoms with E-state index in [1.807, 2.05) is 0 Å². The molecule has 1 heterocycles. The molecule has 0 atom stereocenters. The summed E-state index contributed by atoms with van der Waals surface area (Å²) in [6.07, 6.45) is 0. The fraction of sp³-hybridized carbons (Fsp3) is 0.667. The van der Waals surface area contributed by atoms with Gasteiger partial charge in [0.2, 0.25) is 0 Å². The number of nitrogens with zero attached hydrogens (tertiary/aromatic N) is 1. The summed E-state index contributed by atoms with van der Waals surface area (Å²) in [5, 5.41) is 12.8. The predicted octanol–water partition coefficient (Wildman–Crippen LogP) is 6.75. The molecule has 1 aromatic rings. The standard InChI is InChI=1S/C8H8ClN.4C2H5.C2H4.4Al.2S/c1-10(2)8-5-3-7(9)4-6-8;5*1-2;;;;;;/h3-6H,1-2H2;4*1H2,2H3;1-2H2;;;;;;. The number of hydrogen-bond donors (Lipinski definition) is 0. The number of hydrogen-bond acceptors (Lipinski definition) is 3. The first-order valence-electron chi connectivity index (χ1n) is 10.4. The Bertz CT molecular complexity index is 498. The van der Waals surface area contributed by atoms with Gasteiger partial charge in [-0.1, -0.05) is 71.0 Å². The summed E-state index contributed by atoms with van der Waals surface area (Å²) in [7, 11) is 5.12. The van der Waals surface area contributed by atoms with Gasteiger partial charge < -0.3 is 21.9 Å². The number of rotatable bonds is 5. The van der Waals surface area contributed by atoms with Gasteiger partial charge in [-0.15, -0.1) is 0 Å². The monoisotopic (exact) mass is 469 g/mol. The smallest absolute Gasteiger partial charge is 0.348 e. The van der Waals surface area contributed by atoms with Crippen LogP contribution in [0.4, 0.5) is 5.69 Å². The minimum absolute atomic E-state index is 0.567. The van der Waals surface area contributed by atoms with Gasteiger partial charge in [-0.05, 0) is 35.1 Å². The van der Waals surface area contributed by atoms with Crippen molar-refractivity contribution in [2.24, 2.45) is 0 Å². The lowest BCUT2D eigenvalue weighted by atomic mass is 10.3. The number of benzene rings is 1. The Labute approximate surface area is 188 Å². The van der Waals surface area contributed by atoms with Crippen LogP contribution < -0.4 is 4.90 Å². The van der Waals surface area contributed by atoms with E-state index >= 15 is 0 Å². The van der Waals surface area contributed by atoms with Crippen molar-refractivity contribution >= 4 is 86.3 Å². The van der Waals surface area contributed by atoms with Crippen LogP contribution in [0.25, 0.3) is 0 Å². The molecule has 8 heteroatoms. The second-order valence-electron chi connectivity index (χ2n) is 7.35. The average Bonchev–Trinajstić information content (AvgIpc) is 2.70. The molecule has 1 aliphatic heterocycles. The lowest BCUT2D eigenvalue weighted by Gasteiger charge is -2.30. The SMILES string of the molecule is C[CH2][Al]1[CH2][CH2][Al]([CH2]C)[S][Al]([CH2]C)[CH2]N(c2ccc(Cl)cc2)[CH2][Al]([CH2]C)[S]1. The number of anilines is 1. The molecule has 0 bridgehead atoms. The fourth-order valence-corrected chi connectivity index (χ4v) is 43.5. The molecule has 0 aromatic heterocycles. The zero-order chi connectivity index (χ0) is 18.9. The number of halogens is 1. The highest BCUT2D eigenvalue weighted by atomic mass is 35.5. The molecule has 1 saturated heterocycles. The zero-order valence-electron chi connectivity index (χ0n) is 16.9. The van der Waals surface area contributed by atoms with E-state index < -0.39 is 52.1 Å². The molecule has 2 rings (SSSR count). The van der Waals surface area contributed by atoms with E-state index in [1.165, 1.54) is 37.6 Å². The summed E-state index contributed by atoms with van der Waals surface area (Å²) >= 11 is 3.57. The van der Waals surface area contributed by atoms with Gasteiger partial charge in [-0.25, -0.2) is 0 Å². The quantitative estimate of drug-likeness (QED) is 0.439. The summed E-state index contributed by atoms with van der Waals surface area (Å²) < 4.78 is 0. The van der Waals surface area contributed by atoms with Crippen molar-refractivity contribution in [2.45, 2.75) is 59.4 Å². The van der Waals surface area contributed by atoms with Gasteiger partial charge in [0.05, 0.1) is 0 Å². The Morgan fingerprint density at radius 3 is 1.58 bits per heavy atom. The van der Waals surface area contributed by atoms with Gasteiger partial charge in [0.25, 0.3) is 0 Å². The molecule has 0 aliphatic carbocycles. The molecule has 0 spiro atoms. The van der Waals surface area contributed by atoms with Gasteiger partial charge in [-0.2, -0.15) is 0 Å². The Morgan fingerprint density at radius 1 is 0.769 bits per heavy atom. The molecule has 0 amide bonds. The summed E-state index contributed by atoms with van der Waals surface area (Å²) in [6.45, 7) is 9.86. The van der Waals surface area contributed by atoms with Gasteiger partial charge in [-0.3, -0.25) is 0 Å². The molecule has 1 nitrogen and oxygen atoms in total.